The van der Waals surface area contributed by atoms with Crippen molar-refractivity contribution in [2.45, 2.75) is 39.8 Å². The SMILES string of the molecule is Cc1nc2c([nH]1)CN(C(=O)C(C)Oc1cc3oc(=O)cc(C)c3cc1Cl)CC2. The Morgan fingerprint density at radius 1 is 1.36 bits per heavy atom. The summed E-state index contributed by atoms with van der Waals surface area (Å²) in [5.74, 6) is 1.02. The van der Waals surface area contributed by atoms with E-state index in [0.717, 1.165) is 28.2 Å². The minimum Gasteiger partial charge on any atom is -0.479 e. The van der Waals surface area contributed by atoms with Crippen LogP contribution in [0.2, 0.25) is 5.02 Å². The average molecular weight is 402 g/mol. The normalized spacial score (nSPS) is 14.8. The van der Waals surface area contributed by atoms with Gasteiger partial charge in [0.25, 0.3) is 5.91 Å². The molecule has 7 nitrogen and oxygen atoms in total. The Bertz CT molecular complexity index is 1130. The van der Waals surface area contributed by atoms with E-state index in [1.165, 1.54) is 6.07 Å². The number of halogens is 1. The summed E-state index contributed by atoms with van der Waals surface area (Å²) in [4.78, 5) is 33.9. The lowest BCUT2D eigenvalue weighted by atomic mass is 10.1. The monoisotopic (exact) mass is 401 g/mol. The number of rotatable bonds is 3. The van der Waals surface area contributed by atoms with Gasteiger partial charge in [-0.25, -0.2) is 9.78 Å². The van der Waals surface area contributed by atoms with Crippen molar-refractivity contribution in [3.63, 3.8) is 0 Å². The summed E-state index contributed by atoms with van der Waals surface area (Å²) in [5.41, 5.74) is 2.67. The van der Waals surface area contributed by atoms with Crippen molar-refractivity contribution in [1.82, 2.24) is 14.9 Å². The van der Waals surface area contributed by atoms with Gasteiger partial charge in [0.05, 0.1) is 23.0 Å². The first-order chi connectivity index (χ1) is 13.3. The van der Waals surface area contributed by atoms with Crippen LogP contribution in [0.5, 0.6) is 5.75 Å². The van der Waals surface area contributed by atoms with E-state index in [1.807, 2.05) is 13.8 Å². The number of nitrogens with one attached hydrogen (secondary N) is 1. The number of amides is 1. The smallest absolute Gasteiger partial charge is 0.336 e. The highest BCUT2D eigenvalue weighted by Crippen LogP contribution is 2.32. The van der Waals surface area contributed by atoms with Crippen LogP contribution in [0.15, 0.2) is 27.4 Å². The van der Waals surface area contributed by atoms with Crippen LogP contribution in [0.1, 0.15) is 29.7 Å². The van der Waals surface area contributed by atoms with E-state index in [4.69, 9.17) is 20.8 Å². The summed E-state index contributed by atoms with van der Waals surface area (Å²) >= 11 is 6.34. The molecule has 2 aromatic heterocycles. The molecule has 1 aliphatic heterocycles. The first-order valence-electron chi connectivity index (χ1n) is 9.05. The van der Waals surface area contributed by atoms with E-state index >= 15 is 0 Å². The van der Waals surface area contributed by atoms with E-state index in [-0.39, 0.29) is 5.91 Å². The summed E-state index contributed by atoms with van der Waals surface area (Å²) in [6.45, 7) is 6.46. The van der Waals surface area contributed by atoms with Gasteiger partial charge in [0.15, 0.2) is 6.10 Å². The number of carbonyl (C=O) groups excluding carboxylic acids is 1. The van der Waals surface area contributed by atoms with Gasteiger partial charge < -0.3 is 19.0 Å². The molecule has 3 aromatic rings. The molecule has 1 aromatic carbocycles. The van der Waals surface area contributed by atoms with E-state index in [1.54, 1.807) is 24.0 Å². The predicted octanol–water partition coefficient (Wildman–Crippen LogP) is 3.14. The highest BCUT2D eigenvalue weighted by molar-refractivity contribution is 6.32. The molecule has 1 atom stereocenters. The minimum absolute atomic E-state index is 0.139. The van der Waals surface area contributed by atoms with Crippen molar-refractivity contribution in [2.75, 3.05) is 6.54 Å². The third kappa shape index (κ3) is 3.38. The molecular formula is C20H20ClN3O4. The fourth-order valence-corrected chi connectivity index (χ4v) is 3.74. The molecular weight excluding hydrogens is 382 g/mol. The molecule has 1 amide bonds. The molecule has 3 heterocycles. The highest BCUT2D eigenvalue weighted by atomic mass is 35.5. The maximum atomic E-state index is 12.9. The van der Waals surface area contributed by atoms with Crippen molar-refractivity contribution in [1.29, 1.82) is 0 Å². The van der Waals surface area contributed by atoms with Gasteiger partial charge in [-0.15, -0.1) is 0 Å². The first kappa shape index (κ1) is 18.6. The van der Waals surface area contributed by atoms with Crippen LogP contribution < -0.4 is 10.4 Å². The van der Waals surface area contributed by atoms with E-state index in [0.29, 0.717) is 35.9 Å². The lowest BCUT2D eigenvalue weighted by Crippen LogP contribution is -2.43. The molecule has 28 heavy (non-hydrogen) atoms. The number of aromatic nitrogens is 2. The summed E-state index contributed by atoms with van der Waals surface area (Å²) < 4.78 is 11.1. The van der Waals surface area contributed by atoms with E-state index in [2.05, 4.69) is 9.97 Å². The van der Waals surface area contributed by atoms with Gasteiger partial charge in [-0.2, -0.15) is 0 Å². The Morgan fingerprint density at radius 2 is 2.14 bits per heavy atom. The topological polar surface area (TPSA) is 88.4 Å². The lowest BCUT2D eigenvalue weighted by Gasteiger charge is -2.29. The Kier molecular flexibility index (Phi) is 4.63. The van der Waals surface area contributed by atoms with Crippen LogP contribution in [0.25, 0.3) is 11.0 Å². The van der Waals surface area contributed by atoms with Crippen molar-refractivity contribution >= 4 is 28.5 Å². The third-order valence-electron chi connectivity index (χ3n) is 4.92. The maximum Gasteiger partial charge on any atom is 0.336 e. The van der Waals surface area contributed by atoms with Crippen molar-refractivity contribution < 1.29 is 13.9 Å². The molecule has 0 bridgehead atoms. The molecule has 0 radical (unpaired) electrons. The zero-order chi connectivity index (χ0) is 20.0. The fraction of sp³-hybridized carbons (Fsp3) is 0.350. The van der Waals surface area contributed by atoms with Gasteiger partial charge in [-0.1, -0.05) is 11.6 Å². The number of hydrogen-bond acceptors (Lipinski definition) is 5. The van der Waals surface area contributed by atoms with Gasteiger partial charge in [-0.3, -0.25) is 4.79 Å². The molecule has 8 heteroatoms. The average Bonchev–Trinajstić information content (AvgIpc) is 3.01. The molecule has 1 aliphatic rings. The number of aryl methyl sites for hydroxylation is 2. The minimum atomic E-state index is -0.739. The first-order valence-corrected chi connectivity index (χ1v) is 9.43. The van der Waals surface area contributed by atoms with Crippen LogP contribution >= 0.6 is 11.6 Å². The molecule has 4 rings (SSSR count). The van der Waals surface area contributed by atoms with E-state index < -0.39 is 11.7 Å². The fourth-order valence-electron chi connectivity index (χ4n) is 3.53. The summed E-state index contributed by atoms with van der Waals surface area (Å²) in [6, 6.07) is 4.65. The largest absolute Gasteiger partial charge is 0.479 e. The van der Waals surface area contributed by atoms with Gasteiger partial charge in [0.1, 0.15) is 17.2 Å². The van der Waals surface area contributed by atoms with Gasteiger partial charge in [0, 0.05) is 30.5 Å². The second kappa shape index (κ2) is 6.98. The Morgan fingerprint density at radius 3 is 2.93 bits per heavy atom. The summed E-state index contributed by atoms with van der Waals surface area (Å²) in [6.07, 6.45) is -0.0312. The number of fused-ring (bicyclic) bond motifs is 2. The number of carbonyl (C=O) groups is 1. The van der Waals surface area contributed by atoms with Crippen molar-refractivity contribution in [3.05, 3.63) is 56.4 Å². The van der Waals surface area contributed by atoms with Crippen LogP contribution in [-0.4, -0.2) is 33.4 Å². The standard InChI is InChI=1S/C20H20ClN3O4/c1-10-6-19(25)28-17-8-18(14(21)7-13(10)17)27-11(2)20(26)24-5-4-15-16(9-24)23-12(3)22-15/h6-8,11H,4-5,9H2,1-3H3,(H,22,23). The quantitative estimate of drug-likeness (QED) is 0.681. The number of benzene rings is 1. The third-order valence-corrected chi connectivity index (χ3v) is 5.21. The lowest BCUT2D eigenvalue weighted by molar-refractivity contribution is -0.139. The second-order valence-electron chi connectivity index (χ2n) is 7.04. The zero-order valence-corrected chi connectivity index (χ0v) is 16.6. The molecule has 0 saturated heterocycles. The van der Waals surface area contributed by atoms with Crippen LogP contribution in [-0.2, 0) is 17.8 Å². The van der Waals surface area contributed by atoms with Gasteiger partial charge >= 0.3 is 5.63 Å². The molecule has 0 aliphatic carbocycles. The second-order valence-corrected chi connectivity index (χ2v) is 7.45. The van der Waals surface area contributed by atoms with Crippen molar-refractivity contribution in [2.24, 2.45) is 0 Å². The van der Waals surface area contributed by atoms with Gasteiger partial charge in [-0.05, 0) is 32.4 Å². The maximum absolute atomic E-state index is 12.9. The Labute approximate surface area is 166 Å². The summed E-state index contributed by atoms with van der Waals surface area (Å²) in [5, 5.41) is 1.09. The number of imidazole rings is 1. The number of ether oxygens (including phenoxy) is 1. The molecule has 0 spiro atoms. The van der Waals surface area contributed by atoms with Crippen LogP contribution in [0, 0.1) is 13.8 Å². The molecule has 146 valence electrons. The van der Waals surface area contributed by atoms with Gasteiger partial charge in [0.2, 0.25) is 0 Å². The number of hydrogen-bond donors (Lipinski definition) is 1. The van der Waals surface area contributed by atoms with Crippen LogP contribution in [0.4, 0.5) is 0 Å². The van der Waals surface area contributed by atoms with Crippen LogP contribution in [0.3, 0.4) is 0 Å². The predicted molar refractivity (Wildman–Crippen MR) is 105 cm³/mol. The molecule has 0 fully saturated rings. The Balaban J connectivity index is 1.55. The zero-order valence-electron chi connectivity index (χ0n) is 15.8. The number of aromatic amines is 1. The van der Waals surface area contributed by atoms with E-state index in [9.17, 15) is 9.59 Å². The Hall–Kier alpha value is -2.80. The molecule has 1 N–H and O–H groups in total. The molecule has 0 saturated carbocycles. The highest BCUT2D eigenvalue weighted by Gasteiger charge is 2.28. The number of nitrogens with zero attached hydrogens (tertiary/aromatic N) is 2. The molecule has 1 unspecified atom stereocenters. The van der Waals surface area contributed by atoms with Crippen molar-refractivity contribution in [3.8, 4) is 5.75 Å². The summed E-state index contributed by atoms with van der Waals surface area (Å²) in [7, 11) is 0. The number of H-pyrrole nitrogens is 1.